The molecule has 1 aromatic heterocycles. The third kappa shape index (κ3) is 3.78. The van der Waals surface area contributed by atoms with Crippen LogP contribution in [0.25, 0.3) is 0 Å². The van der Waals surface area contributed by atoms with Gasteiger partial charge >= 0.3 is 0 Å². The molecule has 0 saturated carbocycles. The zero-order valence-corrected chi connectivity index (χ0v) is 16.0. The van der Waals surface area contributed by atoms with Crippen molar-refractivity contribution in [1.29, 1.82) is 0 Å². The molecule has 1 aromatic rings. The predicted molar refractivity (Wildman–Crippen MR) is 99.9 cm³/mol. The van der Waals surface area contributed by atoms with Crippen LogP contribution in [0.2, 0.25) is 0 Å². The van der Waals surface area contributed by atoms with Crippen molar-refractivity contribution >= 4 is 27.4 Å². The molecule has 8 nitrogen and oxygen atoms in total. The lowest BCUT2D eigenvalue weighted by molar-refractivity contribution is -0.134. The van der Waals surface area contributed by atoms with E-state index >= 15 is 0 Å². The fourth-order valence-corrected chi connectivity index (χ4v) is 5.81. The molecule has 146 valence electrons. The largest absolute Gasteiger partial charge is 0.351 e. The summed E-state index contributed by atoms with van der Waals surface area (Å²) in [6.07, 6.45) is 6.79. The molecular formula is C18H24N4O4S. The highest BCUT2D eigenvalue weighted by atomic mass is 32.2. The molecule has 0 N–H and O–H groups in total. The van der Waals surface area contributed by atoms with Crippen molar-refractivity contribution in [2.45, 2.75) is 44.2 Å². The second-order valence-electron chi connectivity index (χ2n) is 7.50. The molecule has 4 heterocycles. The Labute approximate surface area is 158 Å². The van der Waals surface area contributed by atoms with Crippen molar-refractivity contribution in [1.82, 2.24) is 14.5 Å². The maximum Gasteiger partial charge on any atom is 0.270 e. The summed E-state index contributed by atoms with van der Waals surface area (Å²) in [4.78, 5) is 26.9. The van der Waals surface area contributed by atoms with Gasteiger partial charge in [0.1, 0.15) is 5.71 Å². The summed E-state index contributed by atoms with van der Waals surface area (Å²) < 4.78 is 25.6. The molecule has 27 heavy (non-hydrogen) atoms. The van der Waals surface area contributed by atoms with Crippen LogP contribution in [0.1, 0.15) is 38.1 Å². The molecule has 2 saturated heterocycles. The van der Waals surface area contributed by atoms with Crippen LogP contribution in [0.15, 0.2) is 29.6 Å². The Bertz CT molecular complexity index is 854. The molecule has 4 rings (SSSR count). The van der Waals surface area contributed by atoms with Crippen LogP contribution >= 0.6 is 0 Å². The first-order valence-electron chi connectivity index (χ1n) is 9.45. The predicted octanol–water partition coefficient (Wildman–Crippen LogP) is 0.817. The fourth-order valence-electron chi connectivity index (χ4n) is 4.12. The van der Waals surface area contributed by atoms with E-state index in [1.54, 1.807) is 4.90 Å². The topological polar surface area (TPSA) is 92.0 Å². The van der Waals surface area contributed by atoms with E-state index in [-0.39, 0.29) is 29.7 Å². The first kappa shape index (κ1) is 18.2. The average molecular weight is 392 g/mol. The smallest absolute Gasteiger partial charge is 0.270 e. The van der Waals surface area contributed by atoms with Crippen LogP contribution in [-0.4, -0.2) is 71.1 Å². The summed E-state index contributed by atoms with van der Waals surface area (Å²) in [5.41, 5.74) is 0.373. The number of rotatable bonds is 3. The summed E-state index contributed by atoms with van der Waals surface area (Å²) in [6.45, 7) is 1.32. The monoisotopic (exact) mass is 392 g/mol. The van der Waals surface area contributed by atoms with Crippen LogP contribution in [-0.2, 0) is 19.4 Å². The molecule has 3 aliphatic heterocycles. The van der Waals surface area contributed by atoms with Crippen LogP contribution in [0.5, 0.6) is 0 Å². The number of likely N-dealkylation sites (tertiary alicyclic amines) is 1. The van der Waals surface area contributed by atoms with Crippen molar-refractivity contribution in [3.8, 4) is 0 Å². The Kier molecular flexibility index (Phi) is 4.79. The number of aromatic nitrogens is 1. The van der Waals surface area contributed by atoms with Gasteiger partial charge in [-0.25, -0.2) is 13.4 Å². The van der Waals surface area contributed by atoms with Crippen LogP contribution < -0.4 is 0 Å². The zero-order chi connectivity index (χ0) is 19.0. The number of carbonyl (C=O) groups is 2. The number of hydrogen-bond acceptors (Lipinski definition) is 5. The summed E-state index contributed by atoms with van der Waals surface area (Å²) in [5, 5.41) is 5.55. The Balaban J connectivity index is 1.42. The summed E-state index contributed by atoms with van der Waals surface area (Å²) in [7, 11) is -3.11. The lowest BCUT2D eigenvalue weighted by atomic mass is 10.0. The van der Waals surface area contributed by atoms with Crippen molar-refractivity contribution in [3.05, 3.63) is 24.5 Å². The first-order chi connectivity index (χ1) is 12.9. The van der Waals surface area contributed by atoms with Crippen molar-refractivity contribution in [2.75, 3.05) is 24.6 Å². The molecular weight excluding hydrogens is 368 g/mol. The second kappa shape index (κ2) is 7.10. The van der Waals surface area contributed by atoms with Gasteiger partial charge in [-0.1, -0.05) is 0 Å². The van der Waals surface area contributed by atoms with Gasteiger partial charge in [-0.2, -0.15) is 5.10 Å². The molecule has 0 aliphatic carbocycles. The molecule has 0 radical (unpaired) electrons. The first-order valence-corrected chi connectivity index (χ1v) is 11.3. The second-order valence-corrected chi connectivity index (χ2v) is 9.72. The summed E-state index contributed by atoms with van der Waals surface area (Å²) in [6, 6.07) is 3.97. The number of carbonyl (C=O) groups excluding carboxylic acids is 2. The number of amides is 2. The minimum Gasteiger partial charge on any atom is -0.351 e. The molecule has 3 aliphatic rings. The fraction of sp³-hybridized carbons (Fsp3) is 0.611. The molecule has 1 atom stereocenters. The van der Waals surface area contributed by atoms with Gasteiger partial charge in [-0.15, -0.1) is 0 Å². The number of piperidine rings is 1. The summed E-state index contributed by atoms with van der Waals surface area (Å²) in [5.74, 6) is -0.307. The van der Waals surface area contributed by atoms with E-state index in [1.165, 1.54) is 5.01 Å². The standard InChI is InChI=1S/C18H24N4O4S/c23-17-4-3-16(19-22(17)15-7-12-27(25,26)13-15)18(24)21-10-5-14(6-11-21)20-8-1-2-9-20/h1-2,8-9,14-15H,3-7,10-13H2/t15-/m1/s1. The van der Waals surface area contributed by atoms with Gasteiger partial charge in [0.25, 0.3) is 5.91 Å². The molecule has 0 unspecified atom stereocenters. The number of hydrazone groups is 1. The Morgan fingerprint density at radius 2 is 1.74 bits per heavy atom. The maximum absolute atomic E-state index is 12.9. The van der Waals surface area contributed by atoms with Gasteiger partial charge in [0.05, 0.1) is 17.5 Å². The highest BCUT2D eigenvalue weighted by molar-refractivity contribution is 7.91. The van der Waals surface area contributed by atoms with Gasteiger partial charge < -0.3 is 9.47 Å². The molecule has 0 spiro atoms. The van der Waals surface area contributed by atoms with Crippen molar-refractivity contribution in [2.24, 2.45) is 5.10 Å². The molecule has 9 heteroatoms. The van der Waals surface area contributed by atoms with E-state index < -0.39 is 15.9 Å². The van der Waals surface area contributed by atoms with Gasteiger partial charge in [-0.05, 0) is 31.4 Å². The minimum absolute atomic E-state index is 0.0635. The minimum atomic E-state index is -3.11. The van der Waals surface area contributed by atoms with Crippen molar-refractivity contribution in [3.63, 3.8) is 0 Å². The van der Waals surface area contributed by atoms with Crippen LogP contribution in [0, 0.1) is 0 Å². The highest BCUT2D eigenvalue weighted by Gasteiger charge is 2.38. The van der Waals surface area contributed by atoms with E-state index in [0.29, 0.717) is 37.7 Å². The van der Waals surface area contributed by atoms with Crippen LogP contribution in [0.4, 0.5) is 0 Å². The van der Waals surface area contributed by atoms with Gasteiger partial charge in [-0.3, -0.25) is 9.59 Å². The van der Waals surface area contributed by atoms with Crippen molar-refractivity contribution < 1.29 is 18.0 Å². The van der Waals surface area contributed by atoms with Crippen LogP contribution in [0.3, 0.4) is 0 Å². The molecule has 0 bridgehead atoms. The lowest BCUT2D eigenvalue weighted by Crippen LogP contribution is -2.47. The third-order valence-electron chi connectivity index (χ3n) is 5.66. The number of sulfone groups is 1. The SMILES string of the molecule is O=C(C1=NN([C@@H]2CCS(=O)(=O)C2)C(=O)CC1)N1CCC(n2cccc2)CC1. The normalized spacial score (nSPS) is 26.3. The van der Waals surface area contributed by atoms with E-state index in [9.17, 15) is 18.0 Å². The lowest BCUT2D eigenvalue weighted by Gasteiger charge is -2.34. The average Bonchev–Trinajstić information content (AvgIpc) is 3.31. The molecule has 2 amide bonds. The van der Waals surface area contributed by atoms with Gasteiger partial charge in [0.2, 0.25) is 5.91 Å². The van der Waals surface area contributed by atoms with E-state index in [1.807, 2.05) is 24.5 Å². The zero-order valence-electron chi connectivity index (χ0n) is 15.2. The number of nitrogens with zero attached hydrogens (tertiary/aromatic N) is 4. The Morgan fingerprint density at radius 3 is 2.37 bits per heavy atom. The molecule has 2 fully saturated rings. The number of hydrogen-bond donors (Lipinski definition) is 0. The van der Waals surface area contributed by atoms with E-state index in [4.69, 9.17) is 0 Å². The quantitative estimate of drug-likeness (QED) is 0.761. The van der Waals surface area contributed by atoms with E-state index in [2.05, 4.69) is 9.67 Å². The van der Waals surface area contributed by atoms with Gasteiger partial charge in [0, 0.05) is 44.4 Å². The van der Waals surface area contributed by atoms with Gasteiger partial charge in [0.15, 0.2) is 9.84 Å². The highest BCUT2D eigenvalue weighted by Crippen LogP contribution is 2.25. The third-order valence-corrected chi connectivity index (χ3v) is 7.41. The Hall–Kier alpha value is -2.16. The van der Waals surface area contributed by atoms with E-state index in [0.717, 1.165) is 12.8 Å². The molecule has 0 aromatic carbocycles. The maximum atomic E-state index is 12.9. The Morgan fingerprint density at radius 1 is 1.04 bits per heavy atom. The summed E-state index contributed by atoms with van der Waals surface area (Å²) >= 11 is 0.